The van der Waals surface area contributed by atoms with E-state index in [1.165, 1.54) is 49.0 Å². The van der Waals surface area contributed by atoms with Gasteiger partial charge in [-0.05, 0) is 50.5 Å². The Morgan fingerprint density at radius 3 is 2.83 bits per heavy atom. The summed E-state index contributed by atoms with van der Waals surface area (Å²) in [5.41, 5.74) is 1.32. The van der Waals surface area contributed by atoms with E-state index in [0.717, 1.165) is 34.8 Å². The number of aromatic nitrogens is 2. The minimum absolute atomic E-state index is 0.0550. The highest BCUT2D eigenvalue weighted by molar-refractivity contribution is 7.18. The fraction of sp³-hybridized carbons (Fsp3) is 0.684. The molecule has 0 radical (unpaired) electrons. The predicted molar refractivity (Wildman–Crippen MR) is 99.9 cm³/mol. The molecule has 2 aliphatic carbocycles. The number of rotatable bonds is 3. The molecule has 5 heteroatoms. The first-order valence-electron chi connectivity index (χ1n) is 9.42. The van der Waals surface area contributed by atoms with Crippen molar-refractivity contribution < 1.29 is 0 Å². The van der Waals surface area contributed by atoms with Gasteiger partial charge in [-0.3, -0.25) is 4.79 Å². The molecule has 24 heavy (non-hydrogen) atoms. The number of aryl methyl sites for hydroxylation is 1. The molecule has 2 N–H and O–H groups in total. The summed E-state index contributed by atoms with van der Waals surface area (Å²) >= 11 is 1.74. The molecule has 0 aromatic carbocycles. The van der Waals surface area contributed by atoms with Crippen molar-refractivity contribution in [2.24, 2.45) is 5.92 Å². The third-order valence-corrected chi connectivity index (χ3v) is 6.83. The van der Waals surface area contributed by atoms with Gasteiger partial charge in [0, 0.05) is 10.9 Å². The summed E-state index contributed by atoms with van der Waals surface area (Å²) in [5, 5.41) is 4.52. The van der Waals surface area contributed by atoms with E-state index in [2.05, 4.69) is 24.1 Å². The highest BCUT2D eigenvalue weighted by atomic mass is 32.1. The minimum Gasteiger partial charge on any atom is -0.309 e. The first kappa shape index (κ1) is 16.3. The third kappa shape index (κ3) is 3.04. The number of fused-ring (bicyclic) bond motifs is 3. The van der Waals surface area contributed by atoms with Gasteiger partial charge < -0.3 is 10.3 Å². The first-order valence-corrected chi connectivity index (χ1v) is 10.2. The van der Waals surface area contributed by atoms with E-state index in [4.69, 9.17) is 4.98 Å². The normalized spacial score (nSPS) is 23.3. The molecule has 2 aromatic rings. The van der Waals surface area contributed by atoms with E-state index in [-0.39, 0.29) is 11.6 Å². The average Bonchev–Trinajstić information content (AvgIpc) is 2.93. The fourth-order valence-electron chi connectivity index (χ4n) is 4.27. The van der Waals surface area contributed by atoms with Crippen LogP contribution in [0.25, 0.3) is 10.2 Å². The number of H-pyrrole nitrogens is 1. The van der Waals surface area contributed by atoms with E-state index in [0.29, 0.717) is 6.04 Å². The van der Waals surface area contributed by atoms with Gasteiger partial charge in [0.2, 0.25) is 0 Å². The Bertz CT molecular complexity index is 788. The monoisotopic (exact) mass is 345 g/mol. The van der Waals surface area contributed by atoms with Crippen molar-refractivity contribution in [3.05, 3.63) is 26.6 Å². The maximum atomic E-state index is 12.7. The van der Waals surface area contributed by atoms with Crippen molar-refractivity contribution in [2.45, 2.75) is 77.3 Å². The van der Waals surface area contributed by atoms with Crippen LogP contribution in [-0.4, -0.2) is 16.0 Å². The lowest BCUT2D eigenvalue weighted by atomic mass is 9.89. The molecule has 0 aliphatic heterocycles. The maximum absolute atomic E-state index is 12.7. The molecule has 2 atom stereocenters. The molecular weight excluding hydrogens is 318 g/mol. The van der Waals surface area contributed by atoms with Crippen molar-refractivity contribution >= 4 is 21.6 Å². The molecule has 0 spiro atoms. The van der Waals surface area contributed by atoms with Gasteiger partial charge >= 0.3 is 0 Å². The molecule has 4 nitrogen and oxygen atoms in total. The molecule has 2 aliphatic rings. The number of hydrogen-bond acceptors (Lipinski definition) is 4. The lowest BCUT2D eigenvalue weighted by molar-refractivity contribution is 0.342. The summed E-state index contributed by atoms with van der Waals surface area (Å²) in [4.78, 5) is 22.9. The van der Waals surface area contributed by atoms with Crippen LogP contribution in [0.15, 0.2) is 4.79 Å². The Balaban J connectivity index is 1.64. The van der Waals surface area contributed by atoms with E-state index >= 15 is 0 Å². The number of nitrogens with zero attached hydrogens (tertiary/aromatic N) is 1. The molecule has 1 fully saturated rings. The van der Waals surface area contributed by atoms with E-state index in [9.17, 15) is 4.79 Å². The van der Waals surface area contributed by atoms with Crippen molar-refractivity contribution in [3.63, 3.8) is 0 Å². The molecule has 0 saturated heterocycles. The number of hydrogen-bond donors (Lipinski definition) is 2. The van der Waals surface area contributed by atoms with Crippen LogP contribution in [-0.2, 0) is 12.8 Å². The van der Waals surface area contributed by atoms with Gasteiger partial charge in [-0.1, -0.05) is 26.2 Å². The highest BCUT2D eigenvalue weighted by Gasteiger charge is 2.24. The predicted octanol–water partition coefficient (Wildman–Crippen LogP) is 4.09. The van der Waals surface area contributed by atoms with Gasteiger partial charge in [0.1, 0.15) is 10.7 Å². The average molecular weight is 346 g/mol. The smallest absolute Gasteiger partial charge is 0.259 e. The minimum atomic E-state index is 0.0550. The molecule has 2 aromatic heterocycles. The van der Waals surface area contributed by atoms with Crippen LogP contribution < -0.4 is 10.9 Å². The zero-order chi connectivity index (χ0) is 16.7. The molecule has 0 bridgehead atoms. The molecular formula is C19H27N3OS. The lowest BCUT2D eigenvalue weighted by Crippen LogP contribution is -2.34. The van der Waals surface area contributed by atoms with Gasteiger partial charge in [0.15, 0.2) is 0 Å². The summed E-state index contributed by atoms with van der Waals surface area (Å²) in [6.07, 6.45) is 9.75. The summed E-state index contributed by atoms with van der Waals surface area (Å²) in [6, 6.07) is 0.662. The van der Waals surface area contributed by atoms with Crippen molar-refractivity contribution in [1.29, 1.82) is 0 Å². The number of thiophene rings is 1. The van der Waals surface area contributed by atoms with Crippen molar-refractivity contribution in [1.82, 2.24) is 15.3 Å². The van der Waals surface area contributed by atoms with E-state index < -0.39 is 0 Å². The van der Waals surface area contributed by atoms with Gasteiger partial charge in [0.25, 0.3) is 5.56 Å². The SMILES string of the molecule is C[C@H]1CCc2c(sc3nc([C@@H](C)NC4CCCCC4)[nH]c(=O)c23)C1. The Morgan fingerprint density at radius 2 is 2.04 bits per heavy atom. The first-order chi connectivity index (χ1) is 11.6. The summed E-state index contributed by atoms with van der Waals surface area (Å²) in [6.45, 7) is 4.42. The maximum Gasteiger partial charge on any atom is 0.259 e. The van der Waals surface area contributed by atoms with Gasteiger partial charge in [0.05, 0.1) is 11.4 Å². The van der Waals surface area contributed by atoms with Crippen LogP contribution in [0.1, 0.15) is 74.7 Å². The number of aromatic amines is 1. The zero-order valence-electron chi connectivity index (χ0n) is 14.7. The second-order valence-electron chi connectivity index (χ2n) is 7.71. The molecule has 2 heterocycles. The molecule has 1 saturated carbocycles. The van der Waals surface area contributed by atoms with Gasteiger partial charge in [-0.15, -0.1) is 11.3 Å². The van der Waals surface area contributed by atoms with Crippen LogP contribution in [0, 0.1) is 5.92 Å². The van der Waals surface area contributed by atoms with Crippen LogP contribution in [0.2, 0.25) is 0 Å². The van der Waals surface area contributed by atoms with Crippen LogP contribution in [0.3, 0.4) is 0 Å². The van der Waals surface area contributed by atoms with Crippen LogP contribution in [0.5, 0.6) is 0 Å². The second kappa shape index (κ2) is 6.60. The Hall–Kier alpha value is -1.20. The second-order valence-corrected chi connectivity index (χ2v) is 8.79. The van der Waals surface area contributed by atoms with E-state index in [1.807, 2.05) is 0 Å². The third-order valence-electron chi connectivity index (χ3n) is 5.68. The highest BCUT2D eigenvalue weighted by Crippen LogP contribution is 2.35. The summed E-state index contributed by atoms with van der Waals surface area (Å²) in [7, 11) is 0. The molecule has 4 rings (SSSR count). The largest absolute Gasteiger partial charge is 0.309 e. The van der Waals surface area contributed by atoms with Crippen LogP contribution in [0.4, 0.5) is 0 Å². The molecule has 0 amide bonds. The standard InChI is InChI=1S/C19H27N3OS/c1-11-8-9-14-15(10-11)24-19-16(14)18(23)21-17(22-19)12(2)20-13-6-4-3-5-7-13/h11-13,20H,3-10H2,1-2H3,(H,21,22,23)/t11-,12+/m0/s1. The summed E-state index contributed by atoms with van der Waals surface area (Å²) in [5.74, 6) is 1.51. The Kier molecular flexibility index (Phi) is 4.48. The van der Waals surface area contributed by atoms with Crippen LogP contribution >= 0.6 is 11.3 Å². The van der Waals surface area contributed by atoms with Crippen molar-refractivity contribution in [2.75, 3.05) is 0 Å². The van der Waals surface area contributed by atoms with Gasteiger partial charge in [-0.2, -0.15) is 0 Å². The van der Waals surface area contributed by atoms with Crippen molar-refractivity contribution in [3.8, 4) is 0 Å². The Morgan fingerprint density at radius 1 is 1.25 bits per heavy atom. The lowest BCUT2D eigenvalue weighted by Gasteiger charge is -2.26. The Labute approximate surface area is 147 Å². The van der Waals surface area contributed by atoms with Gasteiger partial charge in [-0.25, -0.2) is 4.98 Å². The quantitative estimate of drug-likeness (QED) is 0.881. The summed E-state index contributed by atoms with van der Waals surface area (Å²) < 4.78 is 0. The van der Waals surface area contributed by atoms with E-state index in [1.54, 1.807) is 11.3 Å². The zero-order valence-corrected chi connectivity index (χ0v) is 15.5. The number of nitrogens with one attached hydrogen (secondary N) is 2. The topological polar surface area (TPSA) is 57.8 Å². The molecule has 0 unspecified atom stereocenters. The fourth-order valence-corrected chi connectivity index (χ4v) is 5.66. The molecule has 130 valence electrons.